The van der Waals surface area contributed by atoms with Crippen molar-refractivity contribution in [2.45, 2.75) is 18.9 Å². The van der Waals surface area contributed by atoms with Crippen LogP contribution in [0.4, 0.5) is 0 Å². The van der Waals surface area contributed by atoms with E-state index in [0.717, 1.165) is 5.82 Å². The number of rotatable bonds is 4. The van der Waals surface area contributed by atoms with Gasteiger partial charge in [0.1, 0.15) is 5.82 Å². The highest BCUT2D eigenvalue weighted by Crippen LogP contribution is 2.29. The first-order valence-electron chi connectivity index (χ1n) is 7.97. The van der Waals surface area contributed by atoms with E-state index in [-0.39, 0.29) is 11.8 Å². The molecule has 0 bridgehead atoms. The van der Waals surface area contributed by atoms with Gasteiger partial charge in [0.15, 0.2) is 5.76 Å². The molecule has 3 heterocycles. The monoisotopic (exact) mass is 322 g/mol. The van der Waals surface area contributed by atoms with Crippen LogP contribution in [0.25, 0.3) is 11.6 Å². The molecule has 1 aliphatic heterocycles. The summed E-state index contributed by atoms with van der Waals surface area (Å²) in [6.07, 6.45) is 2.15. The number of hydrogen-bond donors (Lipinski definition) is 0. The van der Waals surface area contributed by atoms with E-state index in [1.807, 2.05) is 36.2 Å². The van der Waals surface area contributed by atoms with Crippen molar-refractivity contribution in [1.29, 1.82) is 0 Å². The third-order valence-electron chi connectivity index (χ3n) is 4.41. The normalized spacial score (nSPS) is 17.6. The number of nitrogens with zero attached hydrogens (tertiary/aromatic N) is 4. The zero-order valence-corrected chi connectivity index (χ0v) is 13.4. The highest BCUT2D eigenvalue weighted by molar-refractivity contribution is 5.79. The summed E-state index contributed by atoms with van der Waals surface area (Å²) in [7, 11) is 1.84. The van der Waals surface area contributed by atoms with Crippen molar-refractivity contribution in [3.8, 4) is 11.6 Å². The molecule has 2 aromatic heterocycles. The molecule has 0 unspecified atom stereocenters. The van der Waals surface area contributed by atoms with Gasteiger partial charge in [-0.15, -0.1) is 5.10 Å². The van der Waals surface area contributed by atoms with Crippen LogP contribution in [-0.2, 0) is 18.4 Å². The van der Waals surface area contributed by atoms with E-state index in [4.69, 9.17) is 4.42 Å². The smallest absolute Gasteiger partial charge is 0.223 e. The molecule has 0 N–H and O–H groups in total. The predicted octanol–water partition coefficient (Wildman–Crippen LogP) is 2.59. The zero-order chi connectivity index (χ0) is 16.5. The summed E-state index contributed by atoms with van der Waals surface area (Å²) in [5, 5.41) is 4.37. The fourth-order valence-electron chi connectivity index (χ4n) is 3.11. The number of aromatic nitrogens is 3. The number of amides is 1. The Labute approximate surface area is 139 Å². The molecule has 1 fully saturated rings. The molecule has 0 radical (unpaired) electrons. The Bertz CT molecular complexity index is 839. The van der Waals surface area contributed by atoms with Crippen molar-refractivity contribution in [2.24, 2.45) is 7.05 Å². The van der Waals surface area contributed by atoms with Crippen molar-refractivity contribution in [3.05, 3.63) is 60.1 Å². The maximum Gasteiger partial charge on any atom is 0.223 e. The molecular formula is C18H18N4O2. The second kappa shape index (κ2) is 5.96. The maximum atomic E-state index is 12.4. The summed E-state index contributed by atoms with van der Waals surface area (Å²) in [6.45, 7) is 1.18. The van der Waals surface area contributed by atoms with Gasteiger partial charge in [-0.3, -0.25) is 9.48 Å². The lowest BCUT2D eigenvalue weighted by atomic mass is 9.99. The Morgan fingerprint density at radius 1 is 1.21 bits per heavy atom. The molecule has 1 aliphatic rings. The van der Waals surface area contributed by atoms with E-state index in [9.17, 15) is 4.79 Å². The van der Waals surface area contributed by atoms with Crippen molar-refractivity contribution in [1.82, 2.24) is 19.7 Å². The van der Waals surface area contributed by atoms with Crippen LogP contribution in [0.1, 0.15) is 23.7 Å². The first-order chi connectivity index (χ1) is 11.7. The maximum absolute atomic E-state index is 12.4. The summed E-state index contributed by atoms with van der Waals surface area (Å²) < 4.78 is 7.04. The molecule has 0 saturated carbocycles. The van der Waals surface area contributed by atoms with Gasteiger partial charge in [-0.25, -0.2) is 4.98 Å². The summed E-state index contributed by atoms with van der Waals surface area (Å²) in [6, 6.07) is 13.8. The molecule has 6 nitrogen and oxygen atoms in total. The summed E-state index contributed by atoms with van der Waals surface area (Å²) >= 11 is 0. The van der Waals surface area contributed by atoms with Crippen molar-refractivity contribution in [3.63, 3.8) is 0 Å². The topological polar surface area (TPSA) is 64.2 Å². The molecule has 3 aromatic rings. The van der Waals surface area contributed by atoms with Crippen LogP contribution < -0.4 is 0 Å². The first kappa shape index (κ1) is 14.7. The molecule has 1 atom stereocenters. The Balaban J connectivity index is 1.51. The first-order valence-corrected chi connectivity index (χ1v) is 7.97. The third kappa shape index (κ3) is 2.71. The number of hydrogen-bond acceptors (Lipinski definition) is 4. The molecule has 1 aromatic carbocycles. The van der Waals surface area contributed by atoms with Gasteiger partial charge in [0.2, 0.25) is 11.7 Å². The van der Waals surface area contributed by atoms with E-state index < -0.39 is 0 Å². The van der Waals surface area contributed by atoms with Crippen LogP contribution >= 0.6 is 0 Å². The standard InChI is InChI=1S/C18H18N4O2/c1-21-16(19-18(20-21)15-8-5-9-24-15)12-22-11-14(10-17(22)23)13-6-3-2-4-7-13/h2-9,14H,10-12H2,1H3/t14-/m0/s1. The number of likely N-dealkylation sites (tertiary alicyclic amines) is 1. The number of carbonyl (C=O) groups is 1. The van der Waals surface area contributed by atoms with Gasteiger partial charge in [0, 0.05) is 25.9 Å². The Kier molecular flexibility index (Phi) is 3.65. The third-order valence-corrected chi connectivity index (χ3v) is 4.41. The fourth-order valence-corrected chi connectivity index (χ4v) is 3.11. The van der Waals surface area contributed by atoms with E-state index in [1.165, 1.54) is 5.56 Å². The van der Waals surface area contributed by atoms with Crippen molar-refractivity contribution >= 4 is 5.91 Å². The fraction of sp³-hybridized carbons (Fsp3) is 0.278. The van der Waals surface area contributed by atoms with Crippen LogP contribution in [0, 0.1) is 0 Å². The number of furan rings is 1. The van der Waals surface area contributed by atoms with Crippen LogP contribution in [-0.4, -0.2) is 32.1 Å². The van der Waals surface area contributed by atoms with Gasteiger partial charge < -0.3 is 9.32 Å². The van der Waals surface area contributed by atoms with Crippen LogP contribution in [0.15, 0.2) is 53.1 Å². The highest BCUT2D eigenvalue weighted by atomic mass is 16.3. The number of aryl methyl sites for hydroxylation is 1. The molecule has 0 spiro atoms. The molecule has 24 heavy (non-hydrogen) atoms. The Morgan fingerprint density at radius 3 is 2.79 bits per heavy atom. The van der Waals surface area contributed by atoms with Gasteiger partial charge in [0.25, 0.3) is 0 Å². The predicted molar refractivity (Wildman–Crippen MR) is 87.9 cm³/mol. The Hall–Kier alpha value is -2.89. The molecule has 1 saturated heterocycles. The van der Waals surface area contributed by atoms with Crippen LogP contribution in [0.3, 0.4) is 0 Å². The van der Waals surface area contributed by atoms with Crippen molar-refractivity contribution in [2.75, 3.05) is 6.54 Å². The van der Waals surface area contributed by atoms with Crippen LogP contribution in [0.5, 0.6) is 0 Å². The minimum atomic E-state index is 0.159. The van der Waals surface area contributed by atoms with E-state index in [0.29, 0.717) is 31.1 Å². The molecule has 6 heteroatoms. The van der Waals surface area contributed by atoms with Crippen LogP contribution in [0.2, 0.25) is 0 Å². The Morgan fingerprint density at radius 2 is 2.04 bits per heavy atom. The number of carbonyl (C=O) groups excluding carboxylic acids is 1. The largest absolute Gasteiger partial charge is 0.461 e. The molecule has 1 amide bonds. The highest BCUT2D eigenvalue weighted by Gasteiger charge is 2.31. The summed E-state index contributed by atoms with van der Waals surface area (Å²) in [5.74, 6) is 2.34. The second-order valence-electron chi connectivity index (χ2n) is 6.04. The summed E-state index contributed by atoms with van der Waals surface area (Å²) in [4.78, 5) is 18.7. The van der Waals surface area contributed by atoms with Gasteiger partial charge >= 0.3 is 0 Å². The van der Waals surface area contributed by atoms with E-state index in [2.05, 4.69) is 22.2 Å². The lowest BCUT2D eigenvalue weighted by Gasteiger charge is -2.16. The van der Waals surface area contributed by atoms with Gasteiger partial charge in [-0.1, -0.05) is 30.3 Å². The quantitative estimate of drug-likeness (QED) is 0.740. The van der Waals surface area contributed by atoms with Gasteiger partial charge in [-0.05, 0) is 17.7 Å². The lowest BCUT2D eigenvalue weighted by Crippen LogP contribution is -2.26. The SMILES string of the molecule is Cn1nc(-c2ccco2)nc1CN1C[C@@H](c2ccccc2)CC1=O. The zero-order valence-electron chi connectivity index (χ0n) is 13.4. The molecule has 122 valence electrons. The van der Waals surface area contributed by atoms with E-state index >= 15 is 0 Å². The summed E-state index contributed by atoms with van der Waals surface area (Å²) in [5.41, 5.74) is 1.21. The van der Waals surface area contributed by atoms with Gasteiger partial charge in [-0.2, -0.15) is 0 Å². The van der Waals surface area contributed by atoms with Gasteiger partial charge in [0.05, 0.1) is 12.8 Å². The molecule has 0 aliphatic carbocycles. The minimum Gasteiger partial charge on any atom is -0.461 e. The minimum absolute atomic E-state index is 0.159. The molecular weight excluding hydrogens is 304 g/mol. The van der Waals surface area contributed by atoms with E-state index in [1.54, 1.807) is 17.0 Å². The van der Waals surface area contributed by atoms with Crippen molar-refractivity contribution < 1.29 is 9.21 Å². The average molecular weight is 322 g/mol. The number of benzene rings is 1. The lowest BCUT2D eigenvalue weighted by molar-refractivity contribution is -0.128. The average Bonchev–Trinajstić information content (AvgIpc) is 3.31. The second-order valence-corrected chi connectivity index (χ2v) is 6.04. The molecule has 4 rings (SSSR count).